The Morgan fingerprint density at radius 3 is 2.32 bits per heavy atom. The van der Waals surface area contributed by atoms with E-state index in [9.17, 15) is 9.90 Å². The molecule has 1 aromatic carbocycles. The van der Waals surface area contributed by atoms with E-state index in [-0.39, 0.29) is 11.7 Å². The van der Waals surface area contributed by atoms with Gasteiger partial charge in [-0.25, -0.2) is 0 Å². The zero-order valence-electron chi connectivity index (χ0n) is 15.6. The van der Waals surface area contributed by atoms with Crippen LogP contribution in [-0.4, -0.2) is 37.3 Å². The van der Waals surface area contributed by atoms with E-state index >= 15 is 0 Å². The van der Waals surface area contributed by atoms with Crippen molar-refractivity contribution in [3.05, 3.63) is 40.1 Å². The molecule has 2 unspecified atom stereocenters. The summed E-state index contributed by atoms with van der Waals surface area (Å²) in [4.78, 5) is 13.2. The second-order valence-corrected chi connectivity index (χ2v) is 7.39. The first-order chi connectivity index (χ1) is 11.9. The highest BCUT2D eigenvalue weighted by atomic mass is 16.5. The van der Waals surface area contributed by atoms with Gasteiger partial charge >= 0.3 is 0 Å². The number of rotatable bonds is 4. The predicted octanol–water partition coefficient (Wildman–Crippen LogP) is 3.35. The number of ether oxygens (including phenoxy) is 2. The first-order valence-corrected chi connectivity index (χ1v) is 9.09. The van der Waals surface area contributed by atoms with Gasteiger partial charge in [0.05, 0.1) is 24.7 Å². The smallest absolute Gasteiger partial charge is 0.172 e. The van der Waals surface area contributed by atoms with Gasteiger partial charge in [-0.3, -0.25) is 4.79 Å². The Labute approximate surface area is 149 Å². The highest BCUT2D eigenvalue weighted by molar-refractivity contribution is 6.25. The highest BCUT2D eigenvalue weighted by Gasteiger charge is 2.42. The Hall–Kier alpha value is -1.65. The quantitative estimate of drug-likeness (QED) is 0.910. The Morgan fingerprint density at radius 1 is 1.16 bits per heavy atom. The van der Waals surface area contributed by atoms with E-state index in [0.29, 0.717) is 31.0 Å². The second-order valence-electron chi connectivity index (χ2n) is 7.39. The molecule has 4 nitrogen and oxygen atoms in total. The number of aliphatic hydroxyl groups excluding tert-OH is 1. The van der Waals surface area contributed by atoms with Crippen molar-refractivity contribution < 1.29 is 19.4 Å². The molecular weight excluding hydrogens is 316 g/mol. The molecule has 25 heavy (non-hydrogen) atoms. The number of carbonyl (C=O) groups is 1. The van der Waals surface area contributed by atoms with Gasteiger partial charge in [0.15, 0.2) is 5.78 Å². The Bertz CT molecular complexity index is 675. The van der Waals surface area contributed by atoms with Gasteiger partial charge in [0.1, 0.15) is 5.76 Å². The number of hydrogen-bond acceptors (Lipinski definition) is 4. The number of carbonyl (C=O) groups excluding carboxylic acids is 1. The van der Waals surface area contributed by atoms with Gasteiger partial charge in [-0.05, 0) is 56.2 Å². The average molecular weight is 344 g/mol. The molecule has 1 aliphatic carbocycles. The fraction of sp³-hybridized carbons (Fsp3) is 0.571. The Kier molecular flexibility index (Phi) is 5.30. The van der Waals surface area contributed by atoms with Crippen LogP contribution in [0, 0.1) is 32.6 Å². The number of aryl methyl sites for hydroxylation is 3. The molecule has 0 radical (unpaired) electrons. The van der Waals surface area contributed by atoms with Gasteiger partial charge in [0.25, 0.3) is 0 Å². The summed E-state index contributed by atoms with van der Waals surface area (Å²) >= 11 is 0. The maximum atomic E-state index is 13.2. The van der Waals surface area contributed by atoms with Crippen molar-refractivity contribution in [3.63, 3.8) is 0 Å². The molecule has 4 heteroatoms. The zero-order chi connectivity index (χ0) is 18.1. The van der Waals surface area contributed by atoms with Gasteiger partial charge in [-0.2, -0.15) is 0 Å². The van der Waals surface area contributed by atoms with Crippen LogP contribution in [0.2, 0.25) is 0 Å². The van der Waals surface area contributed by atoms with Crippen molar-refractivity contribution in [2.75, 3.05) is 20.3 Å². The third-order valence-electron chi connectivity index (χ3n) is 5.60. The number of ketones is 1. The molecule has 1 aliphatic heterocycles. The van der Waals surface area contributed by atoms with Gasteiger partial charge in [0.2, 0.25) is 0 Å². The van der Waals surface area contributed by atoms with E-state index in [4.69, 9.17) is 9.47 Å². The topological polar surface area (TPSA) is 55.8 Å². The standard InChI is InChI=1S/C21H28O4/c1-12-9-13(2)18(14(3)10-12)19-17(24-4)11-16(21(19)23)20(22)15-5-7-25-8-6-15/h9-10,15-16,20,22H,5-8,11H2,1-4H3. The van der Waals surface area contributed by atoms with Gasteiger partial charge in [0, 0.05) is 19.6 Å². The van der Waals surface area contributed by atoms with Gasteiger partial charge in [-0.1, -0.05) is 17.7 Å². The van der Waals surface area contributed by atoms with Crippen molar-refractivity contribution in [1.82, 2.24) is 0 Å². The fourth-order valence-corrected chi connectivity index (χ4v) is 4.40. The number of benzene rings is 1. The third-order valence-corrected chi connectivity index (χ3v) is 5.60. The van der Waals surface area contributed by atoms with E-state index in [1.807, 2.05) is 13.8 Å². The molecule has 1 fully saturated rings. The molecule has 3 rings (SSSR count). The summed E-state index contributed by atoms with van der Waals surface area (Å²) in [5.41, 5.74) is 4.97. The van der Waals surface area contributed by atoms with Crippen LogP contribution in [0.4, 0.5) is 0 Å². The molecule has 2 atom stereocenters. The van der Waals surface area contributed by atoms with E-state index < -0.39 is 12.0 Å². The van der Waals surface area contributed by atoms with Crippen LogP contribution in [0.15, 0.2) is 17.9 Å². The minimum absolute atomic E-state index is 0.0193. The first kappa shape index (κ1) is 18.2. The maximum absolute atomic E-state index is 13.2. The lowest BCUT2D eigenvalue weighted by atomic mass is 9.82. The van der Waals surface area contributed by atoms with Crippen molar-refractivity contribution >= 4 is 11.4 Å². The monoisotopic (exact) mass is 344 g/mol. The molecule has 0 aromatic heterocycles. The van der Waals surface area contributed by atoms with E-state index in [0.717, 1.165) is 29.5 Å². The molecule has 1 heterocycles. The minimum Gasteiger partial charge on any atom is -0.500 e. The van der Waals surface area contributed by atoms with Crippen LogP contribution < -0.4 is 0 Å². The molecule has 1 N–H and O–H groups in total. The van der Waals surface area contributed by atoms with Crippen molar-refractivity contribution in [1.29, 1.82) is 0 Å². The van der Waals surface area contributed by atoms with E-state index in [1.165, 1.54) is 5.56 Å². The molecule has 0 saturated carbocycles. The largest absolute Gasteiger partial charge is 0.500 e. The average Bonchev–Trinajstić information content (AvgIpc) is 2.91. The van der Waals surface area contributed by atoms with Crippen LogP contribution in [-0.2, 0) is 14.3 Å². The van der Waals surface area contributed by atoms with Crippen LogP contribution in [0.25, 0.3) is 5.57 Å². The van der Waals surface area contributed by atoms with Crippen LogP contribution in [0.5, 0.6) is 0 Å². The normalized spacial score (nSPS) is 23.2. The summed E-state index contributed by atoms with van der Waals surface area (Å²) in [6.07, 6.45) is 1.47. The minimum atomic E-state index is -0.634. The molecular formula is C21H28O4. The number of methoxy groups -OCH3 is 1. The summed E-state index contributed by atoms with van der Waals surface area (Å²) < 4.78 is 11.0. The van der Waals surface area contributed by atoms with Gasteiger partial charge < -0.3 is 14.6 Å². The molecule has 1 aromatic rings. The van der Waals surface area contributed by atoms with Crippen LogP contribution in [0.1, 0.15) is 41.5 Å². The van der Waals surface area contributed by atoms with Gasteiger partial charge in [-0.15, -0.1) is 0 Å². The summed E-state index contributed by atoms with van der Waals surface area (Å²) in [7, 11) is 1.62. The molecule has 0 spiro atoms. The van der Waals surface area contributed by atoms with Crippen molar-refractivity contribution in [2.45, 2.75) is 46.1 Å². The molecule has 1 saturated heterocycles. The van der Waals surface area contributed by atoms with Crippen molar-refractivity contribution in [3.8, 4) is 0 Å². The predicted molar refractivity (Wildman–Crippen MR) is 97.2 cm³/mol. The van der Waals surface area contributed by atoms with Crippen LogP contribution >= 0.6 is 0 Å². The molecule has 0 amide bonds. The summed E-state index contributed by atoms with van der Waals surface area (Å²) in [5, 5.41) is 10.8. The first-order valence-electron chi connectivity index (χ1n) is 9.09. The molecule has 136 valence electrons. The van der Waals surface area contributed by atoms with Crippen molar-refractivity contribution in [2.24, 2.45) is 11.8 Å². The Morgan fingerprint density at radius 2 is 1.76 bits per heavy atom. The lowest BCUT2D eigenvalue weighted by Crippen LogP contribution is -2.36. The number of Topliss-reactive ketones (excluding diaryl/α,β-unsaturated/α-hetero) is 1. The number of allylic oxidation sites excluding steroid dienone is 2. The lowest BCUT2D eigenvalue weighted by Gasteiger charge is -2.30. The second kappa shape index (κ2) is 7.30. The third kappa shape index (κ3) is 3.38. The number of aliphatic hydroxyl groups is 1. The Balaban J connectivity index is 1.93. The van der Waals surface area contributed by atoms with E-state index in [1.54, 1.807) is 7.11 Å². The maximum Gasteiger partial charge on any atom is 0.172 e. The number of hydrogen-bond donors (Lipinski definition) is 1. The summed E-state index contributed by atoms with van der Waals surface area (Å²) in [6.45, 7) is 7.45. The summed E-state index contributed by atoms with van der Waals surface area (Å²) in [5.74, 6) is 0.440. The molecule has 2 aliphatic rings. The lowest BCUT2D eigenvalue weighted by molar-refractivity contribution is -0.122. The zero-order valence-corrected chi connectivity index (χ0v) is 15.6. The molecule has 0 bridgehead atoms. The fourth-order valence-electron chi connectivity index (χ4n) is 4.40. The SMILES string of the molecule is COC1=C(c2c(C)cc(C)cc2C)C(=O)C(C(O)C2CCOCC2)C1. The highest BCUT2D eigenvalue weighted by Crippen LogP contribution is 2.41. The van der Waals surface area contributed by atoms with E-state index in [2.05, 4.69) is 19.1 Å². The van der Waals surface area contributed by atoms with Crippen LogP contribution in [0.3, 0.4) is 0 Å². The summed E-state index contributed by atoms with van der Waals surface area (Å²) in [6, 6.07) is 4.19.